The Balaban J connectivity index is 1.61. The lowest BCUT2D eigenvalue weighted by Gasteiger charge is -2.17. The van der Waals surface area contributed by atoms with E-state index in [9.17, 15) is 8.42 Å². The minimum absolute atomic E-state index is 0.157. The number of hydrogen-bond donors (Lipinski definition) is 1. The third kappa shape index (κ3) is 5.56. The molecule has 1 heterocycles. The van der Waals surface area contributed by atoms with E-state index >= 15 is 0 Å². The first-order valence-electron chi connectivity index (χ1n) is 9.25. The summed E-state index contributed by atoms with van der Waals surface area (Å²) in [4.78, 5) is 4.23. The largest absolute Gasteiger partial charge is 0.491 e. The zero-order valence-corrected chi connectivity index (χ0v) is 17.4. The van der Waals surface area contributed by atoms with E-state index in [0.717, 1.165) is 16.9 Å². The molecular formula is C22H24N2O4S. The second-order valence-electron chi connectivity index (χ2n) is 6.80. The van der Waals surface area contributed by atoms with Crippen LogP contribution >= 0.6 is 0 Å². The smallest absolute Gasteiger partial charge is 0.240 e. The zero-order chi connectivity index (χ0) is 20.9. The summed E-state index contributed by atoms with van der Waals surface area (Å²) in [6.07, 6.45) is 1.62. The van der Waals surface area contributed by atoms with Crippen LogP contribution in [-0.2, 0) is 10.0 Å². The number of hydrogen-bond acceptors (Lipinski definition) is 5. The number of sulfonamides is 1. The molecule has 152 valence electrons. The van der Waals surface area contributed by atoms with E-state index in [1.165, 1.54) is 12.1 Å². The van der Waals surface area contributed by atoms with Gasteiger partial charge < -0.3 is 9.47 Å². The summed E-state index contributed by atoms with van der Waals surface area (Å²) in [7, 11) is -3.67. The van der Waals surface area contributed by atoms with Crippen LogP contribution in [0.1, 0.15) is 18.1 Å². The quantitative estimate of drug-likeness (QED) is 0.599. The van der Waals surface area contributed by atoms with E-state index in [1.54, 1.807) is 37.4 Å². The molecule has 1 unspecified atom stereocenters. The van der Waals surface area contributed by atoms with Crippen LogP contribution in [0.2, 0.25) is 0 Å². The molecule has 0 aliphatic heterocycles. The molecule has 1 aromatic heterocycles. The van der Waals surface area contributed by atoms with Crippen LogP contribution in [0, 0.1) is 13.8 Å². The Labute approximate surface area is 171 Å². The SMILES string of the molecule is Cc1cccc(C)c1OCC(C)NS(=O)(=O)c1ccc(Oc2ccccn2)cc1. The molecule has 6 nitrogen and oxygen atoms in total. The molecule has 0 bridgehead atoms. The number of nitrogens with one attached hydrogen (secondary N) is 1. The van der Waals surface area contributed by atoms with Gasteiger partial charge in [0.25, 0.3) is 0 Å². The molecule has 0 amide bonds. The van der Waals surface area contributed by atoms with Gasteiger partial charge in [-0.2, -0.15) is 0 Å². The number of pyridine rings is 1. The van der Waals surface area contributed by atoms with E-state index in [0.29, 0.717) is 11.6 Å². The van der Waals surface area contributed by atoms with Crippen molar-refractivity contribution in [2.45, 2.75) is 31.7 Å². The van der Waals surface area contributed by atoms with Crippen molar-refractivity contribution in [3.8, 4) is 17.4 Å². The van der Waals surface area contributed by atoms with Gasteiger partial charge in [-0.1, -0.05) is 24.3 Å². The van der Waals surface area contributed by atoms with Crippen molar-refractivity contribution in [2.75, 3.05) is 6.61 Å². The molecule has 3 aromatic rings. The highest BCUT2D eigenvalue weighted by atomic mass is 32.2. The fourth-order valence-corrected chi connectivity index (χ4v) is 4.05. The molecule has 0 aliphatic carbocycles. The van der Waals surface area contributed by atoms with Crippen LogP contribution in [0.5, 0.6) is 17.4 Å². The molecule has 0 spiro atoms. The monoisotopic (exact) mass is 412 g/mol. The number of para-hydroxylation sites is 1. The highest BCUT2D eigenvalue weighted by Gasteiger charge is 2.18. The van der Waals surface area contributed by atoms with Crippen LogP contribution in [0.25, 0.3) is 0 Å². The van der Waals surface area contributed by atoms with Crippen LogP contribution in [0.4, 0.5) is 0 Å². The minimum Gasteiger partial charge on any atom is -0.491 e. The maximum absolute atomic E-state index is 12.6. The maximum Gasteiger partial charge on any atom is 0.240 e. The molecule has 0 fully saturated rings. The van der Waals surface area contributed by atoms with Crippen LogP contribution in [-0.4, -0.2) is 26.1 Å². The van der Waals surface area contributed by atoms with E-state index in [2.05, 4.69) is 9.71 Å². The van der Waals surface area contributed by atoms with Crippen LogP contribution in [0.15, 0.2) is 71.8 Å². The molecule has 1 N–H and O–H groups in total. The van der Waals surface area contributed by atoms with Crippen molar-refractivity contribution in [2.24, 2.45) is 0 Å². The lowest BCUT2D eigenvalue weighted by atomic mass is 10.1. The topological polar surface area (TPSA) is 77.5 Å². The second-order valence-corrected chi connectivity index (χ2v) is 8.51. The van der Waals surface area contributed by atoms with Gasteiger partial charge in [0.05, 0.1) is 10.9 Å². The summed E-state index contributed by atoms with van der Waals surface area (Å²) < 4.78 is 39.4. The molecule has 2 aromatic carbocycles. The van der Waals surface area contributed by atoms with Gasteiger partial charge in [0, 0.05) is 12.3 Å². The first kappa shape index (κ1) is 20.8. The molecule has 0 saturated carbocycles. The van der Waals surface area contributed by atoms with Crippen molar-refractivity contribution in [3.05, 3.63) is 78.0 Å². The van der Waals surface area contributed by atoms with Crippen molar-refractivity contribution in [1.29, 1.82) is 0 Å². The summed E-state index contributed by atoms with van der Waals surface area (Å²) in [5.74, 6) is 1.74. The lowest BCUT2D eigenvalue weighted by Crippen LogP contribution is -2.36. The zero-order valence-electron chi connectivity index (χ0n) is 16.6. The Kier molecular flexibility index (Phi) is 6.51. The standard InChI is InChI=1S/C22H24N2O4S/c1-16-7-6-8-17(2)22(16)27-15-18(3)24-29(25,26)20-12-10-19(11-13-20)28-21-9-4-5-14-23-21/h4-14,18,24H,15H2,1-3H3. The Morgan fingerprint density at radius 1 is 0.966 bits per heavy atom. The van der Waals surface area contributed by atoms with Crippen molar-refractivity contribution >= 4 is 10.0 Å². The first-order valence-corrected chi connectivity index (χ1v) is 10.7. The summed E-state index contributed by atoms with van der Waals surface area (Å²) >= 11 is 0. The van der Waals surface area contributed by atoms with Gasteiger partial charge in [-0.05, 0) is 62.2 Å². The molecule has 3 rings (SSSR count). The fourth-order valence-electron chi connectivity index (χ4n) is 2.82. The van der Waals surface area contributed by atoms with Crippen molar-refractivity contribution in [1.82, 2.24) is 9.71 Å². The maximum atomic E-state index is 12.6. The number of nitrogens with zero attached hydrogens (tertiary/aromatic N) is 1. The molecular weight excluding hydrogens is 388 g/mol. The Bertz CT molecular complexity index is 1030. The van der Waals surface area contributed by atoms with E-state index in [1.807, 2.05) is 38.1 Å². The summed E-state index contributed by atoms with van der Waals surface area (Å²) in [5.41, 5.74) is 2.03. The Morgan fingerprint density at radius 2 is 1.66 bits per heavy atom. The second kappa shape index (κ2) is 9.07. The summed E-state index contributed by atoms with van der Waals surface area (Å²) in [6, 6.07) is 17.0. The number of aromatic nitrogens is 1. The number of rotatable bonds is 8. The normalized spacial score (nSPS) is 12.4. The summed E-state index contributed by atoms with van der Waals surface area (Å²) in [6.45, 7) is 5.92. The van der Waals surface area contributed by atoms with Crippen molar-refractivity contribution < 1.29 is 17.9 Å². The molecule has 7 heteroatoms. The lowest BCUT2D eigenvalue weighted by molar-refractivity contribution is 0.284. The van der Waals surface area contributed by atoms with Gasteiger partial charge in [0.1, 0.15) is 18.1 Å². The van der Waals surface area contributed by atoms with Gasteiger partial charge in [0.15, 0.2) is 0 Å². The van der Waals surface area contributed by atoms with E-state index in [-0.39, 0.29) is 11.5 Å². The highest BCUT2D eigenvalue weighted by Crippen LogP contribution is 2.23. The molecule has 0 aliphatic rings. The third-order valence-corrected chi connectivity index (χ3v) is 5.84. The molecule has 1 atom stereocenters. The van der Waals surface area contributed by atoms with Gasteiger partial charge in [0.2, 0.25) is 15.9 Å². The predicted octanol–water partition coefficient (Wildman–Crippen LogP) is 4.24. The first-order chi connectivity index (χ1) is 13.8. The number of ether oxygens (including phenoxy) is 2. The fraction of sp³-hybridized carbons (Fsp3) is 0.227. The summed E-state index contributed by atoms with van der Waals surface area (Å²) in [5, 5.41) is 0. The molecule has 29 heavy (non-hydrogen) atoms. The number of benzene rings is 2. The van der Waals surface area contributed by atoms with Crippen LogP contribution in [0.3, 0.4) is 0 Å². The van der Waals surface area contributed by atoms with Crippen molar-refractivity contribution in [3.63, 3.8) is 0 Å². The van der Waals surface area contributed by atoms with Gasteiger partial charge in [-0.15, -0.1) is 0 Å². The Hall–Kier alpha value is -2.90. The van der Waals surface area contributed by atoms with E-state index < -0.39 is 16.1 Å². The average molecular weight is 413 g/mol. The average Bonchev–Trinajstić information content (AvgIpc) is 2.68. The number of aryl methyl sites for hydroxylation is 2. The molecule has 0 radical (unpaired) electrons. The Morgan fingerprint density at radius 3 is 2.28 bits per heavy atom. The minimum atomic E-state index is -3.67. The van der Waals surface area contributed by atoms with Crippen LogP contribution < -0.4 is 14.2 Å². The van der Waals surface area contributed by atoms with Gasteiger partial charge >= 0.3 is 0 Å². The predicted molar refractivity (Wildman–Crippen MR) is 112 cm³/mol. The molecule has 0 saturated heterocycles. The van der Waals surface area contributed by atoms with Gasteiger partial charge in [-0.25, -0.2) is 18.1 Å². The highest BCUT2D eigenvalue weighted by molar-refractivity contribution is 7.89. The third-order valence-electron chi connectivity index (χ3n) is 4.24. The van der Waals surface area contributed by atoms with E-state index in [4.69, 9.17) is 9.47 Å². The van der Waals surface area contributed by atoms with Gasteiger partial charge in [-0.3, -0.25) is 0 Å².